The molecule has 2 rings (SSSR count). The molecular weight excluding hydrogens is 419 g/mol. The van der Waals surface area contributed by atoms with Gasteiger partial charge in [-0.1, -0.05) is 13.5 Å². The van der Waals surface area contributed by atoms with Gasteiger partial charge in [0.05, 0.1) is 25.2 Å². The Bertz CT molecular complexity index is 912. The normalized spacial score (nSPS) is 22.5. The number of nitriles is 1. The Morgan fingerprint density at radius 1 is 1.35 bits per heavy atom. The van der Waals surface area contributed by atoms with Gasteiger partial charge in [0, 0.05) is 23.8 Å². The van der Waals surface area contributed by atoms with Gasteiger partial charge in [-0.3, -0.25) is 14.3 Å². The van der Waals surface area contributed by atoms with Crippen molar-refractivity contribution in [2.75, 3.05) is 6.61 Å². The van der Waals surface area contributed by atoms with E-state index in [1.54, 1.807) is 6.92 Å². The molecule has 1 saturated heterocycles. The highest BCUT2D eigenvalue weighted by molar-refractivity contribution is 7.44. The van der Waals surface area contributed by atoms with Crippen LogP contribution in [0.3, 0.4) is 0 Å². The summed E-state index contributed by atoms with van der Waals surface area (Å²) in [7, 11) is -1.56. The van der Waals surface area contributed by atoms with E-state index >= 15 is 0 Å². The molecule has 0 aliphatic carbocycles. The molecule has 1 unspecified atom stereocenters. The minimum Gasteiger partial charge on any atom is -0.347 e. The van der Waals surface area contributed by atoms with Crippen molar-refractivity contribution in [1.29, 1.82) is 5.26 Å². The summed E-state index contributed by atoms with van der Waals surface area (Å²) in [5, 5.41) is 8.92. The molecule has 9 nitrogen and oxygen atoms in total. The zero-order valence-corrected chi connectivity index (χ0v) is 20.0. The maximum atomic E-state index is 12.5. The van der Waals surface area contributed by atoms with E-state index in [9.17, 15) is 9.59 Å². The van der Waals surface area contributed by atoms with Gasteiger partial charge < -0.3 is 13.8 Å². The number of nitrogens with one attached hydrogen (secondary N) is 1. The topological polar surface area (TPSA) is 110 Å². The third-order valence-corrected chi connectivity index (χ3v) is 7.11. The van der Waals surface area contributed by atoms with Crippen LogP contribution < -0.4 is 11.2 Å². The van der Waals surface area contributed by atoms with Gasteiger partial charge in [-0.2, -0.15) is 5.26 Å². The number of aryl methyl sites for hydroxylation is 1. The first-order valence-electron chi connectivity index (χ1n) is 10.5. The minimum atomic E-state index is -1.56. The fourth-order valence-electron chi connectivity index (χ4n) is 3.55. The number of aromatic amines is 1. The Morgan fingerprint density at radius 2 is 2.00 bits per heavy atom. The number of ether oxygens (including phenoxy) is 1. The van der Waals surface area contributed by atoms with E-state index in [0.717, 1.165) is 0 Å². The number of hydrogen-bond acceptors (Lipinski definition) is 7. The second-order valence-corrected chi connectivity index (χ2v) is 9.46. The summed E-state index contributed by atoms with van der Waals surface area (Å²) in [5.41, 5.74) is 0.103. The van der Waals surface area contributed by atoms with E-state index in [4.69, 9.17) is 19.0 Å². The molecule has 0 bridgehead atoms. The van der Waals surface area contributed by atoms with Gasteiger partial charge in [0.1, 0.15) is 6.10 Å². The minimum absolute atomic E-state index is 0.127. The van der Waals surface area contributed by atoms with Crippen LogP contribution >= 0.6 is 8.53 Å². The van der Waals surface area contributed by atoms with E-state index in [2.05, 4.69) is 50.0 Å². The molecule has 1 aromatic rings. The van der Waals surface area contributed by atoms with Crippen LogP contribution in [0.4, 0.5) is 0 Å². The summed E-state index contributed by atoms with van der Waals surface area (Å²) in [6.45, 7) is 16.2. The van der Waals surface area contributed by atoms with E-state index in [0.29, 0.717) is 17.6 Å². The maximum Gasteiger partial charge on any atom is 0.330 e. The van der Waals surface area contributed by atoms with Crippen molar-refractivity contribution in [2.45, 2.75) is 84.9 Å². The van der Waals surface area contributed by atoms with Crippen LogP contribution in [0.5, 0.6) is 0 Å². The van der Waals surface area contributed by atoms with Crippen LogP contribution in [0.1, 0.15) is 59.3 Å². The van der Waals surface area contributed by atoms with Crippen molar-refractivity contribution < 1.29 is 13.8 Å². The molecule has 1 aliphatic heterocycles. The predicted octanol–water partition coefficient (Wildman–Crippen LogP) is 3.37. The Morgan fingerprint density at radius 3 is 2.55 bits per heavy atom. The molecule has 0 spiro atoms. The number of hydrogen-bond donors (Lipinski definition) is 1. The molecule has 4 atom stereocenters. The third-order valence-electron chi connectivity index (χ3n) is 5.00. The van der Waals surface area contributed by atoms with Crippen molar-refractivity contribution in [2.24, 2.45) is 0 Å². The molecule has 1 fully saturated rings. The standard InChI is InChI=1S/C21H33N4O5P/c1-8-17-16(7)18(20(29-17)24-12-15(6)19(26)23-21(24)27)30-31(28-11-9-10-22)25(13(2)3)14(4)5/h12-14,17-18,20H,7-9,11H2,1-6H3,(H,23,26,27)/t17-,18+,20-,31?/m1/s1. The Labute approximate surface area is 184 Å². The zero-order valence-electron chi connectivity index (χ0n) is 19.1. The number of rotatable bonds is 10. The second kappa shape index (κ2) is 11.2. The highest BCUT2D eigenvalue weighted by Gasteiger charge is 2.44. The average molecular weight is 452 g/mol. The maximum absolute atomic E-state index is 12.5. The largest absolute Gasteiger partial charge is 0.347 e. The SMILES string of the molecule is C=C1[C@@H](CC)O[C@@H](n2cc(C)c(=O)[nH]c2=O)[C@H]1OP(OCCC#N)N(C(C)C)C(C)C. The highest BCUT2D eigenvalue weighted by Crippen LogP contribution is 2.51. The monoisotopic (exact) mass is 452 g/mol. The fraction of sp³-hybridized carbons (Fsp3) is 0.667. The molecule has 10 heteroatoms. The van der Waals surface area contributed by atoms with Crippen molar-refractivity contribution in [3.05, 3.63) is 44.8 Å². The van der Waals surface area contributed by atoms with Gasteiger partial charge in [0.25, 0.3) is 14.1 Å². The van der Waals surface area contributed by atoms with E-state index in [1.165, 1.54) is 10.8 Å². The second-order valence-electron chi connectivity index (χ2n) is 8.05. The lowest BCUT2D eigenvalue weighted by molar-refractivity contribution is -0.0373. The number of nitrogens with zero attached hydrogens (tertiary/aromatic N) is 3. The van der Waals surface area contributed by atoms with Crippen molar-refractivity contribution in [1.82, 2.24) is 14.2 Å². The molecular formula is C21H33N4O5P. The molecule has 31 heavy (non-hydrogen) atoms. The summed E-state index contributed by atoms with van der Waals surface area (Å²) >= 11 is 0. The molecule has 1 aliphatic rings. The average Bonchev–Trinajstić information content (AvgIpc) is 2.99. The lowest BCUT2D eigenvalue weighted by Gasteiger charge is -2.37. The van der Waals surface area contributed by atoms with Crippen LogP contribution in [0, 0.1) is 18.3 Å². The van der Waals surface area contributed by atoms with Gasteiger partial charge in [-0.25, -0.2) is 9.46 Å². The first-order chi connectivity index (χ1) is 14.6. The van der Waals surface area contributed by atoms with Gasteiger partial charge >= 0.3 is 5.69 Å². The molecule has 0 amide bonds. The smallest absolute Gasteiger partial charge is 0.330 e. The summed E-state index contributed by atoms with van der Waals surface area (Å²) in [4.78, 5) is 26.7. The molecule has 2 heterocycles. The number of H-pyrrole nitrogens is 1. The molecule has 172 valence electrons. The van der Waals surface area contributed by atoms with Crippen LogP contribution in [0.25, 0.3) is 0 Å². The van der Waals surface area contributed by atoms with E-state index in [-0.39, 0.29) is 31.2 Å². The lowest BCUT2D eigenvalue weighted by atomic mass is 10.1. The molecule has 1 N–H and O–H groups in total. The van der Waals surface area contributed by atoms with Crippen LogP contribution in [0.15, 0.2) is 27.9 Å². The molecule has 0 saturated carbocycles. The van der Waals surface area contributed by atoms with Crippen LogP contribution in [0.2, 0.25) is 0 Å². The Balaban J connectivity index is 2.44. The fourth-order valence-corrected chi connectivity index (χ4v) is 5.29. The molecule has 1 aromatic heterocycles. The summed E-state index contributed by atoms with van der Waals surface area (Å²) < 4.78 is 22.1. The quantitative estimate of drug-likeness (QED) is 0.329. The van der Waals surface area contributed by atoms with Gasteiger partial charge in [-0.05, 0) is 46.6 Å². The first kappa shape index (κ1) is 25.4. The van der Waals surface area contributed by atoms with Crippen LogP contribution in [-0.4, -0.2) is 45.1 Å². The lowest BCUT2D eigenvalue weighted by Crippen LogP contribution is -2.39. The Hall–Kier alpha value is -1.82. The van der Waals surface area contributed by atoms with Gasteiger partial charge in [0.2, 0.25) is 0 Å². The Kier molecular flexibility index (Phi) is 9.16. The summed E-state index contributed by atoms with van der Waals surface area (Å²) in [6, 6.07) is 2.34. The number of aromatic nitrogens is 2. The van der Waals surface area contributed by atoms with E-state index in [1.807, 2.05) is 6.92 Å². The van der Waals surface area contributed by atoms with Crippen molar-refractivity contribution >= 4 is 8.53 Å². The predicted molar refractivity (Wildman–Crippen MR) is 119 cm³/mol. The molecule has 0 radical (unpaired) electrons. The van der Waals surface area contributed by atoms with Crippen LogP contribution in [-0.2, 0) is 13.8 Å². The van der Waals surface area contributed by atoms with E-state index < -0.39 is 32.1 Å². The third kappa shape index (κ3) is 5.91. The zero-order chi connectivity index (χ0) is 23.3. The first-order valence-corrected chi connectivity index (χ1v) is 11.7. The molecule has 0 aromatic carbocycles. The van der Waals surface area contributed by atoms with Gasteiger partial charge in [-0.15, -0.1) is 0 Å². The highest BCUT2D eigenvalue weighted by atomic mass is 31.2. The summed E-state index contributed by atoms with van der Waals surface area (Å²) in [6.07, 6.45) is 0.657. The van der Waals surface area contributed by atoms with Crippen molar-refractivity contribution in [3.63, 3.8) is 0 Å². The van der Waals surface area contributed by atoms with Gasteiger partial charge in [0.15, 0.2) is 6.23 Å². The summed E-state index contributed by atoms with van der Waals surface area (Å²) in [5.74, 6) is 0. The van der Waals surface area contributed by atoms with Crippen molar-refractivity contribution in [3.8, 4) is 6.07 Å².